The van der Waals surface area contributed by atoms with Crippen LogP contribution in [0.2, 0.25) is 0 Å². The fourth-order valence-electron chi connectivity index (χ4n) is 4.18. The van der Waals surface area contributed by atoms with Gasteiger partial charge >= 0.3 is 6.18 Å². The van der Waals surface area contributed by atoms with E-state index in [2.05, 4.69) is 0 Å². The van der Waals surface area contributed by atoms with Gasteiger partial charge in [0.15, 0.2) is 0 Å². The zero-order valence-corrected chi connectivity index (χ0v) is 16.3. The summed E-state index contributed by atoms with van der Waals surface area (Å²) in [4.78, 5) is 19.4. The normalized spacial score (nSPS) is 20.4. The number of piperidine rings is 1. The molecule has 154 valence electrons. The van der Waals surface area contributed by atoms with Gasteiger partial charge in [0, 0.05) is 42.7 Å². The molecule has 0 spiro atoms. The molecule has 0 bridgehead atoms. The number of aromatic nitrogens is 1. The van der Waals surface area contributed by atoms with Crippen LogP contribution in [0.5, 0.6) is 0 Å². The second kappa shape index (κ2) is 8.17. The number of carbonyl (C=O) groups is 1. The Balaban J connectivity index is 1.43. The van der Waals surface area contributed by atoms with Crippen molar-refractivity contribution < 1.29 is 18.0 Å². The number of amides is 1. The van der Waals surface area contributed by atoms with Crippen molar-refractivity contribution in [3.8, 4) is 0 Å². The van der Waals surface area contributed by atoms with Crippen molar-refractivity contribution in [1.29, 1.82) is 0 Å². The lowest BCUT2D eigenvalue weighted by molar-refractivity contribution is -0.139. The largest absolute Gasteiger partial charge is 0.416 e. The van der Waals surface area contributed by atoms with Crippen molar-refractivity contribution >= 4 is 5.91 Å². The lowest BCUT2D eigenvalue weighted by atomic mass is 9.83. The number of rotatable bonds is 4. The summed E-state index contributed by atoms with van der Waals surface area (Å²) in [6.07, 6.45) is 1.34. The van der Waals surface area contributed by atoms with Crippen LogP contribution in [0.4, 0.5) is 13.2 Å². The zero-order valence-electron chi connectivity index (χ0n) is 16.3. The van der Waals surface area contributed by atoms with Crippen molar-refractivity contribution in [3.63, 3.8) is 0 Å². The molecule has 3 nitrogen and oxygen atoms in total. The van der Waals surface area contributed by atoms with Crippen LogP contribution in [0.15, 0.2) is 42.5 Å². The Labute approximate surface area is 168 Å². The van der Waals surface area contributed by atoms with E-state index in [1.807, 2.05) is 23.1 Å². The molecule has 0 unspecified atom stereocenters. The Hall–Kier alpha value is -2.37. The van der Waals surface area contributed by atoms with Gasteiger partial charge in [-0.3, -0.25) is 9.78 Å². The van der Waals surface area contributed by atoms with E-state index in [1.165, 1.54) is 12.1 Å². The SMILES string of the molecule is O=C(C1CCC1)N1CCC[C@H](c2cccc(Cc3ccc(C(F)(F)F)cc3)n2)C1. The Morgan fingerprint density at radius 2 is 1.79 bits per heavy atom. The van der Waals surface area contributed by atoms with Crippen molar-refractivity contribution in [2.75, 3.05) is 13.1 Å². The molecule has 1 aromatic carbocycles. The van der Waals surface area contributed by atoms with Gasteiger partial charge in [-0.05, 0) is 55.5 Å². The van der Waals surface area contributed by atoms with Gasteiger partial charge in [-0.25, -0.2) is 0 Å². The maximum atomic E-state index is 12.7. The minimum atomic E-state index is -4.32. The molecule has 1 saturated carbocycles. The summed E-state index contributed by atoms with van der Waals surface area (Å²) < 4.78 is 38.2. The van der Waals surface area contributed by atoms with Crippen LogP contribution in [-0.4, -0.2) is 28.9 Å². The molecule has 1 aliphatic heterocycles. The monoisotopic (exact) mass is 402 g/mol. The topological polar surface area (TPSA) is 33.2 Å². The van der Waals surface area contributed by atoms with Crippen LogP contribution in [0, 0.1) is 5.92 Å². The molecule has 1 aromatic heterocycles. The number of nitrogens with zero attached hydrogens (tertiary/aromatic N) is 2. The quantitative estimate of drug-likeness (QED) is 0.705. The van der Waals surface area contributed by atoms with Crippen molar-refractivity contribution in [2.45, 2.75) is 50.6 Å². The van der Waals surface area contributed by atoms with E-state index in [0.29, 0.717) is 18.9 Å². The smallest absolute Gasteiger partial charge is 0.342 e. The third-order valence-corrected chi connectivity index (χ3v) is 6.10. The molecule has 4 rings (SSSR count). The predicted molar refractivity (Wildman–Crippen MR) is 104 cm³/mol. The van der Waals surface area contributed by atoms with Gasteiger partial charge < -0.3 is 4.90 Å². The molecule has 0 radical (unpaired) electrons. The number of alkyl halides is 3. The van der Waals surface area contributed by atoms with E-state index in [-0.39, 0.29) is 11.8 Å². The van der Waals surface area contributed by atoms with E-state index < -0.39 is 11.7 Å². The van der Waals surface area contributed by atoms with E-state index in [1.54, 1.807) is 0 Å². The highest BCUT2D eigenvalue weighted by atomic mass is 19.4. The second-order valence-corrected chi connectivity index (χ2v) is 8.18. The van der Waals surface area contributed by atoms with Crippen LogP contribution >= 0.6 is 0 Å². The molecule has 2 aromatic rings. The molecule has 1 saturated heterocycles. The Morgan fingerprint density at radius 1 is 1.03 bits per heavy atom. The number of hydrogen-bond donors (Lipinski definition) is 0. The lowest BCUT2D eigenvalue weighted by Crippen LogP contribution is -2.44. The van der Waals surface area contributed by atoms with Gasteiger partial charge in [0.2, 0.25) is 5.91 Å². The molecule has 29 heavy (non-hydrogen) atoms. The maximum absolute atomic E-state index is 12.7. The average molecular weight is 402 g/mol. The average Bonchev–Trinajstić information content (AvgIpc) is 2.67. The first-order valence-corrected chi connectivity index (χ1v) is 10.3. The Morgan fingerprint density at radius 3 is 2.45 bits per heavy atom. The van der Waals surface area contributed by atoms with Crippen molar-refractivity contribution in [1.82, 2.24) is 9.88 Å². The molecule has 2 heterocycles. The van der Waals surface area contributed by atoms with Gasteiger partial charge in [-0.15, -0.1) is 0 Å². The van der Waals surface area contributed by atoms with Crippen LogP contribution in [0.3, 0.4) is 0 Å². The van der Waals surface area contributed by atoms with Crippen LogP contribution in [0.1, 0.15) is 60.5 Å². The molecule has 2 fully saturated rings. The summed E-state index contributed by atoms with van der Waals surface area (Å²) in [6.45, 7) is 1.54. The van der Waals surface area contributed by atoms with E-state index in [0.717, 1.165) is 67.7 Å². The maximum Gasteiger partial charge on any atom is 0.416 e. The zero-order chi connectivity index (χ0) is 20.4. The summed E-state index contributed by atoms with van der Waals surface area (Å²) in [6, 6.07) is 11.1. The number of benzene rings is 1. The van der Waals surface area contributed by atoms with Crippen molar-refractivity contribution in [2.24, 2.45) is 5.92 Å². The Bertz CT molecular complexity index is 859. The number of pyridine rings is 1. The third-order valence-electron chi connectivity index (χ3n) is 6.10. The van der Waals surface area contributed by atoms with E-state index in [4.69, 9.17) is 4.98 Å². The molecule has 6 heteroatoms. The van der Waals surface area contributed by atoms with E-state index >= 15 is 0 Å². The summed E-state index contributed by atoms with van der Waals surface area (Å²) in [7, 11) is 0. The van der Waals surface area contributed by atoms with Crippen LogP contribution in [-0.2, 0) is 17.4 Å². The minimum absolute atomic E-state index is 0.215. The van der Waals surface area contributed by atoms with Gasteiger partial charge in [0.05, 0.1) is 5.56 Å². The summed E-state index contributed by atoms with van der Waals surface area (Å²) in [5, 5.41) is 0. The third kappa shape index (κ3) is 4.62. The molecular weight excluding hydrogens is 377 g/mol. The summed E-state index contributed by atoms with van der Waals surface area (Å²) in [5.41, 5.74) is 1.97. The molecule has 1 aliphatic carbocycles. The first-order chi connectivity index (χ1) is 13.9. The van der Waals surface area contributed by atoms with Gasteiger partial charge in [-0.1, -0.05) is 24.6 Å². The van der Waals surface area contributed by atoms with Crippen molar-refractivity contribution in [3.05, 3.63) is 65.0 Å². The van der Waals surface area contributed by atoms with E-state index in [9.17, 15) is 18.0 Å². The molecule has 2 aliphatic rings. The number of likely N-dealkylation sites (tertiary alicyclic amines) is 1. The first-order valence-electron chi connectivity index (χ1n) is 10.3. The number of hydrogen-bond acceptors (Lipinski definition) is 2. The van der Waals surface area contributed by atoms with Crippen LogP contribution < -0.4 is 0 Å². The van der Waals surface area contributed by atoms with Crippen LogP contribution in [0.25, 0.3) is 0 Å². The molecular formula is C23H25F3N2O. The highest BCUT2D eigenvalue weighted by Gasteiger charge is 2.33. The lowest BCUT2D eigenvalue weighted by Gasteiger charge is -2.37. The summed E-state index contributed by atoms with van der Waals surface area (Å²) in [5.74, 6) is 0.731. The van der Waals surface area contributed by atoms with Gasteiger partial charge in [0.1, 0.15) is 0 Å². The van der Waals surface area contributed by atoms with Gasteiger partial charge in [-0.2, -0.15) is 13.2 Å². The molecule has 1 atom stereocenters. The fourth-order valence-corrected chi connectivity index (χ4v) is 4.18. The highest BCUT2D eigenvalue weighted by molar-refractivity contribution is 5.79. The predicted octanol–water partition coefficient (Wildman–Crippen LogP) is 5.20. The number of carbonyl (C=O) groups excluding carboxylic acids is 1. The summed E-state index contributed by atoms with van der Waals surface area (Å²) >= 11 is 0. The first kappa shape index (κ1) is 19.9. The van der Waals surface area contributed by atoms with Gasteiger partial charge in [0.25, 0.3) is 0 Å². The molecule has 1 amide bonds. The second-order valence-electron chi connectivity index (χ2n) is 8.18. The minimum Gasteiger partial charge on any atom is -0.342 e. The fraction of sp³-hybridized carbons (Fsp3) is 0.478. The standard InChI is InChI=1S/C23H25F3N2O/c24-23(25,26)19-11-9-16(10-12-19)14-20-7-2-8-21(27-20)18-6-3-13-28(15-18)22(29)17-4-1-5-17/h2,7-12,17-18H,1,3-6,13-15H2/t18-/m0/s1. The Kier molecular flexibility index (Phi) is 5.61. The highest BCUT2D eigenvalue weighted by Crippen LogP contribution is 2.32. The number of halogens is 3. The molecule has 0 N–H and O–H groups in total.